The highest BCUT2D eigenvalue weighted by Gasteiger charge is 2.28. The quantitative estimate of drug-likeness (QED) is 0.757. The highest BCUT2D eigenvalue weighted by Crippen LogP contribution is 2.25. The van der Waals surface area contributed by atoms with Gasteiger partial charge in [0, 0.05) is 24.1 Å². The summed E-state index contributed by atoms with van der Waals surface area (Å²) in [5.41, 5.74) is 1.56. The molecule has 3 heterocycles. The molecule has 0 saturated carbocycles. The van der Waals surface area contributed by atoms with Crippen molar-refractivity contribution in [2.75, 3.05) is 13.1 Å². The van der Waals surface area contributed by atoms with E-state index in [0.717, 1.165) is 25.0 Å². The predicted octanol–water partition coefficient (Wildman–Crippen LogP) is 2.58. The third-order valence-electron chi connectivity index (χ3n) is 3.81. The van der Waals surface area contributed by atoms with Crippen LogP contribution in [0.3, 0.4) is 0 Å². The molecule has 2 unspecified atom stereocenters. The van der Waals surface area contributed by atoms with Crippen molar-refractivity contribution >= 4 is 27.4 Å². The van der Waals surface area contributed by atoms with Gasteiger partial charge in [-0.3, -0.25) is 4.79 Å². The van der Waals surface area contributed by atoms with Crippen LogP contribution in [0.15, 0.2) is 30.6 Å². The van der Waals surface area contributed by atoms with Crippen molar-refractivity contribution in [3.63, 3.8) is 0 Å². The normalized spacial score (nSPS) is 23.8. The molecule has 1 aliphatic heterocycles. The van der Waals surface area contributed by atoms with Crippen molar-refractivity contribution < 1.29 is 4.79 Å². The Morgan fingerprint density at radius 2 is 2.32 bits per heavy atom. The van der Waals surface area contributed by atoms with E-state index in [1.165, 1.54) is 0 Å². The molecule has 1 saturated heterocycles. The maximum absolute atomic E-state index is 12.6. The number of piperidine rings is 1. The number of hydrogen-bond acceptors (Lipinski definition) is 2. The topological polar surface area (TPSA) is 37.6 Å². The highest BCUT2D eigenvalue weighted by molar-refractivity contribution is 9.09. The van der Waals surface area contributed by atoms with Gasteiger partial charge in [0.25, 0.3) is 5.91 Å². The minimum atomic E-state index is 0.0811. The Balaban J connectivity index is 1.88. The Labute approximate surface area is 120 Å². The Kier molecular flexibility index (Phi) is 3.31. The SMILES string of the molecule is CC1CCN(C(=O)c2cnn3ccccc23)CC1Br. The molecule has 3 rings (SSSR count). The van der Waals surface area contributed by atoms with Gasteiger partial charge >= 0.3 is 0 Å². The molecule has 0 aliphatic carbocycles. The summed E-state index contributed by atoms with van der Waals surface area (Å²) in [5.74, 6) is 0.700. The van der Waals surface area contributed by atoms with Crippen LogP contribution in [0.25, 0.3) is 5.52 Å². The monoisotopic (exact) mass is 321 g/mol. The molecule has 0 radical (unpaired) electrons. The summed E-state index contributed by atoms with van der Waals surface area (Å²) in [5, 5.41) is 4.23. The molecule has 5 heteroatoms. The van der Waals surface area contributed by atoms with Gasteiger partial charge < -0.3 is 4.90 Å². The van der Waals surface area contributed by atoms with Gasteiger partial charge in [-0.1, -0.05) is 28.9 Å². The molecule has 1 fully saturated rings. The number of rotatable bonds is 1. The lowest BCUT2D eigenvalue weighted by Crippen LogP contribution is -2.43. The van der Waals surface area contributed by atoms with E-state index in [1.807, 2.05) is 29.3 Å². The summed E-state index contributed by atoms with van der Waals surface area (Å²) in [7, 11) is 0. The van der Waals surface area contributed by atoms with Crippen LogP contribution in [0.2, 0.25) is 0 Å². The molecule has 2 aromatic heterocycles. The lowest BCUT2D eigenvalue weighted by Gasteiger charge is -2.34. The zero-order chi connectivity index (χ0) is 13.4. The average Bonchev–Trinajstić information content (AvgIpc) is 2.85. The van der Waals surface area contributed by atoms with Gasteiger partial charge in [0.2, 0.25) is 0 Å². The number of nitrogens with zero attached hydrogens (tertiary/aromatic N) is 3. The predicted molar refractivity (Wildman–Crippen MR) is 77.6 cm³/mol. The van der Waals surface area contributed by atoms with E-state index in [-0.39, 0.29) is 5.91 Å². The third-order valence-corrected chi connectivity index (χ3v) is 5.00. The third kappa shape index (κ3) is 2.27. The zero-order valence-electron chi connectivity index (χ0n) is 10.8. The van der Waals surface area contributed by atoms with Crippen LogP contribution in [0.4, 0.5) is 0 Å². The Morgan fingerprint density at radius 1 is 1.47 bits per heavy atom. The smallest absolute Gasteiger partial charge is 0.257 e. The van der Waals surface area contributed by atoms with E-state index in [9.17, 15) is 4.79 Å². The fourth-order valence-electron chi connectivity index (χ4n) is 2.48. The van der Waals surface area contributed by atoms with Gasteiger partial charge in [0.15, 0.2) is 0 Å². The molecule has 2 aromatic rings. The van der Waals surface area contributed by atoms with Crippen molar-refractivity contribution in [1.82, 2.24) is 14.5 Å². The van der Waals surface area contributed by atoms with Crippen LogP contribution in [-0.2, 0) is 0 Å². The number of amides is 1. The van der Waals surface area contributed by atoms with Crippen molar-refractivity contribution in [2.45, 2.75) is 18.2 Å². The lowest BCUT2D eigenvalue weighted by molar-refractivity contribution is 0.0708. The molecule has 0 bridgehead atoms. The minimum absolute atomic E-state index is 0.0811. The lowest BCUT2D eigenvalue weighted by atomic mass is 9.98. The van der Waals surface area contributed by atoms with Crippen LogP contribution in [0.5, 0.6) is 0 Å². The Hall–Kier alpha value is -1.36. The number of hydrogen-bond donors (Lipinski definition) is 0. The van der Waals surface area contributed by atoms with Crippen LogP contribution in [0, 0.1) is 5.92 Å². The van der Waals surface area contributed by atoms with Crippen molar-refractivity contribution in [3.05, 3.63) is 36.2 Å². The second-order valence-electron chi connectivity index (χ2n) is 5.12. The van der Waals surface area contributed by atoms with Gasteiger partial charge in [-0.25, -0.2) is 4.52 Å². The number of likely N-dealkylation sites (tertiary alicyclic amines) is 1. The summed E-state index contributed by atoms with van der Waals surface area (Å²) in [6, 6.07) is 5.77. The fraction of sp³-hybridized carbons (Fsp3) is 0.429. The molecule has 2 atom stereocenters. The summed E-state index contributed by atoms with van der Waals surface area (Å²) >= 11 is 3.66. The highest BCUT2D eigenvalue weighted by atomic mass is 79.9. The molecule has 19 heavy (non-hydrogen) atoms. The van der Waals surface area contributed by atoms with Gasteiger partial charge in [-0.05, 0) is 24.5 Å². The number of halogens is 1. The Bertz CT molecular complexity index is 610. The first-order chi connectivity index (χ1) is 9.16. The molecule has 0 aromatic carbocycles. The number of carbonyl (C=O) groups excluding carboxylic acids is 1. The average molecular weight is 322 g/mol. The van der Waals surface area contributed by atoms with Crippen LogP contribution < -0.4 is 0 Å². The van der Waals surface area contributed by atoms with Crippen LogP contribution >= 0.6 is 15.9 Å². The zero-order valence-corrected chi connectivity index (χ0v) is 12.4. The number of fused-ring (bicyclic) bond motifs is 1. The largest absolute Gasteiger partial charge is 0.337 e. The van der Waals surface area contributed by atoms with E-state index in [1.54, 1.807) is 10.7 Å². The summed E-state index contributed by atoms with van der Waals surface area (Å²) in [6.07, 6.45) is 4.57. The first-order valence-electron chi connectivity index (χ1n) is 6.52. The molecule has 0 spiro atoms. The van der Waals surface area contributed by atoms with Crippen molar-refractivity contribution in [1.29, 1.82) is 0 Å². The second kappa shape index (κ2) is 4.96. The van der Waals surface area contributed by atoms with Gasteiger partial charge in [-0.15, -0.1) is 0 Å². The molecule has 4 nitrogen and oxygen atoms in total. The van der Waals surface area contributed by atoms with Crippen LogP contribution in [0.1, 0.15) is 23.7 Å². The molecule has 1 aliphatic rings. The van der Waals surface area contributed by atoms with Crippen LogP contribution in [-0.4, -0.2) is 38.3 Å². The van der Waals surface area contributed by atoms with Gasteiger partial charge in [0.1, 0.15) is 0 Å². The molecule has 0 N–H and O–H groups in total. The molecular formula is C14H16BrN3O. The molecule has 100 valence electrons. The standard InChI is InChI=1S/C14H16BrN3O/c1-10-5-7-17(9-12(10)15)14(19)11-8-16-18-6-3-2-4-13(11)18/h2-4,6,8,10,12H,5,7,9H2,1H3. The minimum Gasteiger partial charge on any atom is -0.337 e. The van der Waals surface area contributed by atoms with E-state index < -0.39 is 0 Å². The maximum Gasteiger partial charge on any atom is 0.257 e. The van der Waals surface area contributed by atoms with E-state index in [0.29, 0.717) is 16.3 Å². The second-order valence-corrected chi connectivity index (χ2v) is 6.30. The fourth-order valence-corrected chi connectivity index (χ4v) is 3.09. The number of alkyl halides is 1. The number of carbonyl (C=O) groups is 1. The first kappa shape index (κ1) is 12.7. The first-order valence-corrected chi connectivity index (χ1v) is 7.44. The van der Waals surface area contributed by atoms with E-state index in [4.69, 9.17) is 0 Å². The maximum atomic E-state index is 12.6. The van der Waals surface area contributed by atoms with Crippen molar-refractivity contribution in [2.24, 2.45) is 5.92 Å². The van der Waals surface area contributed by atoms with Gasteiger partial charge in [0.05, 0.1) is 17.3 Å². The number of pyridine rings is 1. The van der Waals surface area contributed by atoms with Gasteiger partial charge in [-0.2, -0.15) is 5.10 Å². The Morgan fingerprint density at radius 3 is 3.11 bits per heavy atom. The summed E-state index contributed by atoms with van der Waals surface area (Å²) in [4.78, 5) is 14.9. The van der Waals surface area contributed by atoms with E-state index >= 15 is 0 Å². The summed E-state index contributed by atoms with van der Waals surface area (Å²) < 4.78 is 1.74. The van der Waals surface area contributed by atoms with E-state index in [2.05, 4.69) is 28.0 Å². The molecule has 1 amide bonds. The summed E-state index contributed by atoms with van der Waals surface area (Å²) in [6.45, 7) is 3.81. The number of aromatic nitrogens is 2. The van der Waals surface area contributed by atoms with Crippen molar-refractivity contribution in [3.8, 4) is 0 Å². The molecular weight excluding hydrogens is 306 g/mol.